The molecule has 0 aliphatic carbocycles. The fourth-order valence-corrected chi connectivity index (χ4v) is 2.04. The summed E-state index contributed by atoms with van der Waals surface area (Å²) in [6, 6.07) is 12.6. The number of anilines is 2. The third-order valence-electron chi connectivity index (χ3n) is 2.72. The number of rotatable bonds is 3. The standard InChI is InChI=1S/C15H15BrN2O2/c1-10-3-8-13(16)14(9-10)18-15(19)17-11-4-6-12(20-2)7-5-11/h3-9H,1-2H3,(H2,17,18,19). The second kappa shape index (κ2) is 6.43. The van der Waals surface area contributed by atoms with Crippen molar-refractivity contribution in [2.45, 2.75) is 6.92 Å². The number of halogens is 1. The van der Waals surface area contributed by atoms with Gasteiger partial charge >= 0.3 is 6.03 Å². The van der Waals surface area contributed by atoms with Crippen molar-refractivity contribution < 1.29 is 9.53 Å². The largest absolute Gasteiger partial charge is 0.497 e. The summed E-state index contributed by atoms with van der Waals surface area (Å²) in [5.74, 6) is 0.748. The van der Waals surface area contributed by atoms with Crippen molar-refractivity contribution in [1.29, 1.82) is 0 Å². The highest BCUT2D eigenvalue weighted by molar-refractivity contribution is 9.10. The van der Waals surface area contributed by atoms with Crippen LogP contribution in [0.4, 0.5) is 16.2 Å². The van der Waals surface area contributed by atoms with Gasteiger partial charge in [-0.1, -0.05) is 6.07 Å². The minimum atomic E-state index is -0.290. The molecular weight excluding hydrogens is 320 g/mol. The van der Waals surface area contributed by atoms with E-state index < -0.39 is 0 Å². The van der Waals surface area contributed by atoms with Crippen LogP contribution in [-0.4, -0.2) is 13.1 Å². The Kier molecular flexibility index (Phi) is 4.63. The third-order valence-corrected chi connectivity index (χ3v) is 3.41. The molecule has 0 spiro atoms. The van der Waals surface area contributed by atoms with Crippen LogP contribution >= 0.6 is 15.9 Å². The first-order valence-electron chi connectivity index (χ1n) is 6.06. The Bertz CT molecular complexity index is 612. The van der Waals surface area contributed by atoms with Gasteiger partial charge in [0.15, 0.2) is 0 Å². The van der Waals surface area contributed by atoms with Crippen molar-refractivity contribution >= 4 is 33.3 Å². The lowest BCUT2D eigenvalue weighted by molar-refractivity contribution is 0.262. The van der Waals surface area contributed by atoms with Gasteiger partial charge in [0, 0.05) is 10.2 Å². The van der Waals surface area contributed by atoms with Gasteiger partial charge in [-0.3, -0.25) is 0 Å². The Morgan fingerprint density at radius 2 is 1.80 bits per heavy atom. The first-order valence-corrected chi connectivity index (χ1v) is 6.86. The highest BCUT2D eigenvalue weighted by Crippen LogP contribution is 2.23. The lowest BCUT2D eigenvalue weighted by Gasteiger charge is -2.10. The molecular formula is C15H15BrN2O2. The Hall–Kier alpha value is -2.01. The average molecular weight is 335 g/mol. The van der Waals surface area contributed by atoms with E-state index in [1.54, 1.807) is 31.4 Å². The van der Waals surface area contributed by atoms with Crippen LogP contribution in [-0.2, 0) is 0 Å². The van der Waals surface area contributed by atoms with Gasteiger partial charge < -0.3 is 15.4 Å². The molecule has 0 atom stereocenters. The van der Waals surface area contributed by atoms with Gasteiger partial charge in [-0.2, -0.15) is 0 Å². The number of urea groups is 1. The summed E-state index contributed by atoms with van der Waals surface area (Å²) in [5.41, 5.74) is 2.51. The molecule has 0 fully saturated rings. The molecule has 0 aliphatic heterocycles. The molecule has 20 heavy (non-hydrogen) atoms. The van der Waals surface area contributed by atoms with Crippen LogP contribution in [0.15, 0.2) is 46.9 Å². The molecule has 2 aromatic carbocycles. The zero-order chi connectivity index (χ0) is 14.5. The number of ether oxygens (including phenoxy) is 1. The molecule has 0 radical (unpaired) electrons. The number of hydrogen-bond acceptors (Lipinski definition) is 2. The van der Waals surface area contributed by atoms with Crippen molar-refractivity contribution in [3.05, 3.63) is 52.5 Å². The van der Waals surface area contributed by atoms with Gasteiger partial charge in [-0.25, -0.2) is 4.79 Å². The van der Waals surface area contributed by atoms with Crippen molar-refractivity contribution in [3.8, 4) is 5.75 Å². The molecule has 2 amide bonds. The molecule has 0 bridgehead atoms. The van der Waals surface area contributed by atoms with Crippen LogP contribution < -0.4 is 15.4 Å². The van der Waals surface area contributed by atoms with E-state index in [0.717, 1.165) is 21.5 Å². The predicted molar refractivity (Wildman–Crippen MR) is 84.5 cm³/mol. The fraction of sp³-hybridized carbons (Fsp3) is 0.133. The van der Waals surface area contributed by atoms with Crippen molar-refractivity contribution in [2.24, 2.45) is 0 Å². The van der Waals surface area contributed by atoms with Crippen LogP contribution in [0.5, 0.6) is 5.75 Å². The minimum absolute atomic E-state index is 0.290. The van der Waals surface area contributed by atoms with E-state index in [4.69, 9.17) is 4.74 Å². The highest BCUT2D eigenvalue weighted by atomic mass is 79.9. The number of carbonyl (C=O) groups excluding carboxylic acids is 1. The zero-order valence-electron chi connectivity index (χ0n) is 11.2. The molecule has 0 unspecified atom stereocenters. The molecule has 104 valence electrons. The highest BCUT2D eigenvalue weighted by Gasteiger charge is 2.06. The summed E-state index contributed by atoms with van der Waals surface area (Å²) >= 11 is 3.40. The molecule has 0 saturated heterocycles. The quantitative estimate of drug-likeness (QED) is 0.873. The van der Waals surface area contributed by atoms with Crippen molar-refractivity contribution in [3.63, 3.8) is 0 Å². The second-order valence-electron chi connectivity index (χ2n) is 4.29. The van der Waals surface area contributed by atoms with Crippen LogP contribution in [0.25, 0.3) is 0 Å². The van der Waals surface area contributed by atoms with Gasteiger partial charge in [0.2, 0.25) is 0 Å². The topological polar surface area (TPSA) is 50.4 Å². The first-order chi connectivity index (χ1) is 9.58. The fourth-order valence-electron chi connectivity index (χ4n) is 1.69. The van der Waals surface area contributed by atoms with Gasteiger partial charge in [-0.15, -0.1) is 0 Å². The normalized spacial score (nSPS) is 9.95. The maximum Gasteiger partial charge on any atom is 0.323 e. The average Bonchev–Trinajstić information content (AvgIpc) is 2.43. The smallest absolute Gasteiger partial charge is 0.323 e. The van der Waals surface area contributed by atoms with Crippen molar-refractivity contribution in [1.82, 2.24) is 0 Å². The molecule has 2 N–H and O–H groups in total. The summed E-state index contributed by atoms with van der Waals surface area (Å²) in [4.78, 5) is 11.9. The van der Waals surface area contributed by atoms with E-state index >= 15 is 0 Å². The minimum Gasteiger partial charge on any atom is -0.497 e. The summed E-state index contributed by atoms with van der Waals surface area (Å²) in [6.45, 7) is 1.97. The summed E-state index contributed by atoms with van der Waals surface area (Å²) in [6.07, 6.45) is 0. The number of carbonyl (C=O) groups is 1. The van der Waals surface area contributed by atoms with Gasteiger partial charge in [-0.05, 0) is 64.8 Å². The van der Waals surface area contributed by atoms with Crippen LogP contribution in [0.3, 0.4) is 0 Å². The lowest BCUT2D eigenvalue weighted by Crippen LogP contribution is -2.19. The maximum absolute atomic E-state index is 11.9. The molecule has 2 rings (SSSR count). The number of amides is 2. The van der Waals surface area contributed by atoms with E-state index in [2.05, 4.69) is 26.6 Å². The van der Waals surface area contributed by atoms with E-state index in [-0.39, 0.29) is 6.03 Å². The number of hydrogen-bond donors (Lipinski definition) is 2. The van der Waals surface area contributed by atoms with Crippen LogP contribution in [0.2, 0.25) is 0 Å². The number of methoxy groups -OCH3 is 1. The first kappa shape index (κ1) is 14.4. The van der Waals surface area contributed by atoms with Crippen molar-refractivity contribution in [2.75, 3.05) is 17.7 Å². The molecule has 4 nitrogen and oxygen atoms in total. The van der Waals surface area contributed by atoms with E-state index in [1.165, 1.54) is 0 Å². The number of nitrogens with one attached hydrogen (secondary N) is 2. The van der Waals surface area contributed by atoms with Gasteiger partial charge in [0.25, 0.3) is 0 Å². The number of benzene rings is 2. The van der Waals surface area contributed by atoms with Crippen LogP contribution in [0.1, 0.15) is 5.56 Å². The Labute approximate surface area is 126 Å². The van der Waals surface area contributed by atoms with Gasteiger partial charge in [0.1, 0.15) is 5.75 Å². The Balaban J connectivity index is 2.03. The van der Waals surface area contributed by atoms with E-state index in [1.807, 2.05) is 25.1 Å². The Morgan fingerprint density at radius 3 is 2.45 bits per heavy atom. The van der Waals surface area contributed by atoms with Gasteiger partial charge in [0.05, 0.1) is 12.8 Å². The molecule has 0 aromatic heterocycles. The van der Waals surface area contributed by atoms with E-state index in [9.17, 15) is 4.79 Å². The third kappa shape index (κ3) is 3.74. The summed E-state index contributed by atoms with van der Waals surface area (Å²) < 4.78 is 5.90. The monoisotopic (exact) mass is 334 g/mol. The molecule has 0 heterocycles. The Morgan fingerprint density at radius 1 is 1.10 bits per heavy atom. The van der Waals surface area contributed by atoms with E-state index in [0.29, 0.717) is 5.69 Å². The summed E-state index contributed by atoms with van der Waals surface area (Å²) in [5, 5.41) is 5.56. The molecule has 2 aromatic rings. The maximum atomic E-state index is 11.9. The zero-order valence-corrected chi connectivity index (χ0v) is 12.8. The second-order valence-corrected chi connectivity index (χ2v) is 5.15. The number of aryl methyl sites for hydroxylation is 1. The predicted octanol–water partition coefficient (Wildman–Crippen LogP) is 4.41. The molecule has 0 saturated carbocycles. The summed E-state index contributed by atoms with van der Waals surface area (Å²) in [7, 11) is 1.60. The molecule has 5 heteroatoms. The van der Waals surface area contributed by atoms with Crippen LogP contribution in [0, 0.1) is 6.92 Å². The SMILES string of the molecule is COc1ccc(NC(=O)Nc2cc(C)ccc2Br)cc1. The lowest BCUT2D eigenvalue weighted by atomic mass is 10.2. The molecule has 0 aliphatic rings.